The Morgan fingerprint density at radius 2 is 2.13 bits per heavy atom. The Morgan fingerprint density at radius 1 is 1.40 bits per heavy atom. The second-order valence-corrected chi connectivity index (χ2v) is 3.44. The van der Waals surface area contributed by atoms with Crippen molar-refractivity contribution in [3.8, 4) is 5.75 Å². The molecule has 2 rings (SSSR count). The average Bonchev–Trinajstić information content (AvgIpc) is 2.16. The number of benzene rings is 1. The van der Waals surface area contributed by atoms with E-state index in [1.54, 1.807) is 0 Å². The number of carbonyl (C=O) groups is 1. The summed E-state index contributed by atoms with van der Waals surface area (Å²) in [5, 5.41) is 1.09. The van der Waals surface area contributed by atoms with Gasteiger partial charge in [-0.05, 0) is 12.1 Å². The van der Waals surface area contributed by atoms with Gasteiger partial charge < -0.3 is 4.74 Å². The topological polar surface area (TPSA) is 39.2 Å². The summed E-state index contributed by atoms with van der Waals surface area (Å²) in [6.07, 6.45) is 0. The fourth-order valence-corrected chi connectivity index (χ4v) is 1.54. The van der Waals surface area contributed by atoms with Crippen molar-refractivity contribution >= 4 is 28.5 Å². The number of ether oxygens (including phenoxy) is 1. The van der Waals surface area contributed by atoms with E-state index in [1.807, 2.05) is 24.3 Å². The van der Waals surface area contributed by atoms with Crippen molar-refractivity contribution in [2.75, 3.05) is 0 Å². The van der Waals surface area contributed by atoms with Crippen LogP contribution in [-0.4, -0.2) is 11.0 Å². The van der Waals surface area contributed by atoms with Gasteiger partial charge in [-0.1, -0.05) is 23.7 Å². The van der Waals surface area contributed by atoms with Crippen LogP contribution in [0.3, 0.4) is 0 Å². The third-order valence-electron chi connectivity index (χ3n) is 1.90. The molecule has 0 spiro atoms. The van der Waals surface area contributed by atoms with Crippen LogP contribution in [0, 0.1) is 0 Å². The minimum atomic E-state index is -0.373. The number of hydrogen-bond donors (Lipinski definition) is 0. The van der Waals surface area contributed by atoms with Gasteiger partial charge >= 0.3 is 5.97 Å². The molecule has 15 heavy (non-hydrogen) atoms. The molecule has 0 amide bonds. The van der Waals surface area contributed by atoms with Crippen molar-refractivity contribution in [3.63, 3.8) is 0 Å². The number of rotatable bonds is 1. The second-order valence-electron chi connectivity index (χ2n) is 3.05. The summed E-state index contributed by atoms with van der Waals surface area (Å²) in [6.45, 7) is 1.35. The van der Waals surface area contributed by atoms with Crippen LogP contribution in [0.25, 0.3) is 10.9 Å². The predicted octanol–water partition coefficient (Wildman–Crippen LogP) is 2.81. The van der Waals surface area contributed by atoms with Gasteiger partial charge in [-0.25, -0.2) is 4.98 Å². The second kappa shape index (κ2) is 3.87. The predicted molar refractivity (Wildman–Crippen MR) is 58.1 cm³/mol. The van der Waals surface area contributed by atoms with Crippen LogP contribution in [0.4, 0.5) is 0 Å². The molecule has 1 aromatic carbocycles. The number of esters is 1. The van der Waals surface area contributed by atoms with Gasteiger partial charge in [0.2, 0.25) is 0 Å². The number of hydrogen-bond acceptors (Lipinski definition) is 3. The van der Waals surface area contributed by atoms with E-state index in [9.17, 15) is 4.79 Å². The van der Waals surface area contributed by atoms with E-state index in [4.69, 9.17) is 16.3 Å². The van der Waals surface area contributed by atoms with Gasteiger partial charge in [0.15, 0.2) is 0 Å². The Labute approximate surface area is 91.6 Å². The standard InChI is InChI=1S/C11H8ClNO2/c1-7(14)15-10-6-11(12)13-9-5-3-2-4-8(9)10/h2-6H,1H3. The van der Waals surface area contributed by atoms with Crippen LogP contribution in [0.1, 0.15) is 6.92 Å². The first-order chi connectivity index (χ1) is 7.16. The average molecular weight is 222 g/mol. The fraction of sp³-hybridized carbons (Fsp3) is 0.0909. The lowest BCUT2D eigenvalue weighted by Crippen LogP contribution is -2.02. The van der Waals surface area contributed by atoms with Gasteiger partial charge in [-0.2, -0.15) is 0 Å². The summed E-state index contributed by atoms with van der Waals surface area (Å²) in [6, 6.07) is 8.88. The SMILES string of the molecule is CC(=O)Oc1cc(Cl)nc2ccccc12. The van der Waals surface area contributed by atoms with Crippen LogP contribution < -0.4 is 4.74 Å². The molecule has 0 bridgehead atoms. The quantitative estimate of drug-likeness (QED) is 0.549. The maximum atomic E-state index is 10.9. The maximum Gasteiger partial charge on any atom is 0.308 e. The molecule has 0 atom stereocenters. The lowest BCUT2D eigenvalue weighted by atomic mass is 10.2. The van der Waals surface area contributed by atoms with Crippen molar-refractivity contribution in [1.29, 1.82) is 0 Å². The minimum absolute atomic E-state index is 0.310. The Bertz CT molecular complexity index is 525. The zero-order valence-electron chi connectivity index (χ0n) is 8.03. The van der Waals surface area contributed by atoms with Crippen LogP contribution in [0.2, 0.25) is 5.15 Å². The van der Waals surface area contributed by atoms with Crippen molar-refractivity contribution in [2.45, 2.75) is 6.92 Å². The third kappa shape index (κ3) is 2.07. The summed E-state index contributed by atoms with van der Waals surface area (Å²) < 4.78 is 5.04. The molecule has 1 heterocycles. The number of fused-ring (bicyclic) bond motifs is 1. The molecule has 0 aliphatic heterocycles. The highest BCUT2D eigenvalue weighted by Gasteiger charge is 2.06. The van der Waals surface area contributed by atoms with E-state index in [2.05, 4.69) is 4.98 Å². The first-order valence-corrected chi connectivity index (χ1v) is 4.78. The smallest absolute Gasteiger partial charge is 0.308 e. The molecule has 0 radical (unpaired) electrons. The van der Waals surface area contributed by atoms with E-state index in [0.29, 0.717) is 16.4 Å². The molecular weight excluding hydrogens is 214 g/mol. The summed E-state index contributed by atoms with van der Waals surface area (Å²) in [5.41, 5.74) is 0.709. The molecule has 0 fully saturated rings. The number of aromatic nitrogens is 1. The number of para-hydroxylation sites is 1. The normalized spacial score (nSPS) is 10.3. The minimum Gasteiger partial charge on any atom is -0.426 e. The maximum absolute atomic E-state index is 10.9. The lowest BCUT2D eigenvalue weighted by Gasteiger charge is -2.05. The third-order valence-corrected chi connectivity index (χ3v) is 2.09. The van der Waals surface area contributed by atoms with E-state index in [-0.39, 0.29) is 5.97 Å². The Morgan fingerprint density at radius 3 is 2.87 bits per heavy atom. The number of nitrogens with zero attached hydrogens (tertiary/aromatic N) is 1. The summed E-state index contributed by atoms with van der Waals surface area (Å²) >= 11 is 5.80. The van der Waals surface area contributed by atoms with Crippen molar-refractivity contribution in [1.82, 2.24) is 4.98 Å². The van der Waals surface area contributed by atoms with Crippen LogP contribution in [-0.2, 0) is 4.79 Å². The Kier molecular flexibility index (Phi) is 2.56. The van der Waals surface area contributed by atoms with E-state index >= 15 is 0 Å². The molecule has 0 saturated heterocycles. The highest BCUT2D eigenvalue weighted by Crippen LogP contribution is 2.27. The summed E-state index contributed by atoms with van der Waals surface area (Å²) in [7, 11) is 0. The van der Waals surface area contributed by atoms with E-state index in [0.717, 1.165) is 5.39 Å². The molecule has 0 aliphatic carbocycles. The largest absolute Gasteiger partial charge is 0.426 e. The van der Waals surface area contributed by atoms with Gasteiger partial charge in [0.05, 0.1) is 5.52 Å². The molecule has 76 valence electrons. The zero-order chi connectivity index (χ0) is 10.8. The molecule has 0 saturated carbocycles. The molecule has 0 aliphatic rings. The molecule has 0 N–H and O–H groups in total. The van der Waals surface area contributed by atoms with Crippen LogP contribution in [0.5, 0.6) is 5.75 Å². The summed E-state index contributed by atoms with van der Waals surface area (Å²) in [4.78, 5) is 15.0. The summed E-state index contributed by atoms with van der Waals surface area (Å²) in [5.74, 6) is 0.0699. The van der Waals surface area contributed by atoms with Gasteiger partial charge in [-0.3, -0.25) is 4.79 Å². The Hall–Kier alpha value is -1.61. The lowest BCUT2D eigenvalue weighted by molar-refractivity contribution is -0.131. The highest BCUT2D eigenvalue weighted by molar-refractivity contribution is 6.30. The number of halogens is 1. The molecule has 3 nitrogen and oxygen atoms in total. The number of pyridine rings is 1. The number of carbonyl (C=O) groups excluding carboxylic acids is 1. The van der Waals surface area contributed by atoms with Crippen LogP contribution in [0.15, 0.2) is 30.3 Å². The van der Waals surface area contributed by atoms with E-state index < -0.39 is 0 Å². The Balaban J connectivity index is 2.65. The van der Waals surface area contributed by atoms with Crippen LogP contribution >= 0.6 is 11.6 Å². The van der Waals surface area contributed by atoms with Gasteiger partial charge in [0.1, 0.15) is 10.9 Å². The van der Waals surface area contributed by atoms with Gasteiger partial charge in [0.25, 0.3) is 0 Å². The molecule has 0 unspecified atom stereocenters. The molecule has 4 heteroatoms. The van der Waals surface area contributed by atoms with E-state index in [1.165, 1.54) is 13.0 Å². The van der Waals surface area contributed by atoms with Crippen molar-refractivity contribution in [3.05, 3.63) is 35.5 Å². The molecule has 1 aromatic heterocycles. The molecular formula is C11H8ClNO2. The zero-order valence-corrected chi connectivity index (χ0v) is 8.78. The first-order valence-electron chi connectivity index (χ1n) is 4.40. The van der Waals surface area contributed by atoms with Crippen molar-refractivity contribution < 1.29 is 9.53 Å². The molecule has 2 aromatic rings. The fourth-order valence-electron chi connectivity index (χ4n) is 1.35. The monoisotopic (exact) mass is 221 g/mol. The van der Waals surface area contributed by atoms with Crippen molar-refractivity contribution in [2.24, 2.45) is 0 Å². The van der Waals surface area contributed by atoms with Gasteiger partial charge in [-0.15, -0.1) is 0 Å². The first kappa shape index (κ1) is 9.93. The van der Waals surface area contributed by atoms with Gasteiger partial charge in [0, 0.05) is 18.4 Å². The highest BCUT2D eigenvalue weighted by atomic mass is 35.5.